The van der Waals surface area contributed by atoms with Crippen LogP contribution in [0.2, 0.25) is 15.1 Å². The fourth-order valence-corrected chi connectivity index (χ4v) is 12.5. The van der Waals surface area contributed by atoms with E-state index in [4.69, 9.17) is 32.4 Å². The normalized spacial score (nSPS) is 13.4. The lowest BCUT2D eigenvalue weighted by molar-refractivity contribution is -0.0580. The number of benzene rings is 6. The third kappa shape index (κ3) is 8.55. The van der Waals surface area contributed by atoms with Gasteiger partial charge in [-0.1, -0.05) is 202 Å². The number of hydrogen-bond donors (Lipinski definition) is 1. The molecule has 0 aromatic heterocycles. The van der Waals surface area contributed by atoms with Crippen LogP contribution in [0.4, 0.5) is 0 Å². The van der Waals surface area contributed by atoms with E-state index in [-0.39, 0.29) is 17.6 Å². The van der Waals surface area contributed by atoms with Crippen LogP contribution in [0.5, 0.6) is 0 Å². The first-order chi connectivity index (χ1) is 25.6. The number of aliphatic hydroxyl groups is 1. The van der Waals surface area contributed by atoms with Crippen LogP contribution in [0.25, 0.3) is 0 Å². The molecule has 6 heteroatoms. The minimum absolute atomic E-state index is 0.0872. The van der Waals surface area contributed by atoms with E-state index in [9.17, 15) is 5.11 Å². The molecule has 0 aliphatic heterocycles. The molecule has 1 N–H and O–H groups in total. The molecular weight excluding hydrogens is 712 g/mol. The van der Waals surface area contributed by atoms with E-state index in [1.54, 1.807) is 0 Å². The Morgan fingerprint density at radius 3 is 1.43 bits per heavy atom. The molecule has 6 aromatic carbocycles. The fraction of sp³-hybridized carbons (Fsp3) is 0.234. The van der Waals surface area contributed by atoms with Gasteiger partial charge in [0.15, 0.2) is 0 Å². The van der Waals surface area contributed by atoms with Gasteiger partial charge in [-0.05, 0) is 68.6 Å². The maximum atomic E-state index is 12.3. The van der Waals surface area contributed by atoms with E-state index < -0.39 is 20.0 Å². The molecule has 0 aliphatic rings. The minimum atomic E-state index is -2.79. The van der Waals surface area contributed by atoms with Crippen LogP contribution in [0, 0.1) is 5.92 Å². The van der Waals surface area contributed by atoms with Gasteiger partial charge in [0, 0.05) is 6.61 Å². The molecule has 0 heterocycles. The predicted octanol–water partition coefficient (Wildman–Crippen LogP) is 10.5. The molecule has 272 valence electrons. The highest BCUT2D eigenvalue weighted by Crippen LogP contribution is 2.41. The van der Waals surface area contributed by atoms with E-state index in [0.717, 1.165) is 22.3 Å². The number of ether oxygens (including phenoxy) is 1. The van der Waals surface area contributed by atoms with E-state index in [0.29, 0.717) is 29.5 Å². The summed E-state index contributed by atoms with van der Waals surface area (Å²) in [5, 5.41) is 15.6. The molecule has 6 aromatic rings. The van der Waals surface area contributed by atoms with Gasteiger partial charge in [-0.25, -0.2) is 0 Å². The monoisotopic (exact) mass is 758 g/mol. The third-order valence-electron chi connectivity index (χ3n) is 10.3. The summed E-state index contributed by atoms with van der Waals surface area (Å²) in [6, 6.07) is 57.8. The van der Waals surface area contributed by atoms with Gasteiger partial charge < -0.3 is 14.3 Å². The number of rotatable bonds is 15. The molecule has 3 nitrogen and oxygen atoms in total. The Balaban J connectivity index is 1.35. The topological polar surface area (TPSA) is 38.7 Å². The molecule has 53 heavy (non-hydrogen) atoms. The third-order valence-corrected chi connectivity index (χ3v) is 16.0. The summed E-state index contributed by atoms with van der Waals surface area (Å²) in [5.41, 5.74) is 3.00. The summed E-state index contributed by atoms with van der Waals surface area (Å²) in [5.74, 6) is -0.217. The molecule has 0 fully saturated rings. The van der Waals surface area contributed by atoms with Gasteiger partial charge in [0.25, 0.3) is 8.32 Å². The van der Waals surface area contributed by atoms with Crippen molar-refractivity contribution in [2.75, 3.05) is 13.2 Å². The van der Waals surface area contributed by atoms with Crippen molar-refractivity contribution in [2.24, 2.45) is 5.92 Å². The van der Waals surface area contributed by atoms with Gasteiger partial charge in [-0.15, -0.1) is 0 Å². The van der Waals surface area contributed by atoms with Crippen molar-refractivity contribution < 1.29 is 14.3 Å². The Labute approximate surface area is 326 Å². The Bertz CT molecular complexity index is 1870. The average Bonchev–Trinajstić information content (AvgIpc) is 3.19. The highest BCUT2D eigenvalue weighted by Gasteiger charge is 2.50. The predicted molar refractivity (Wildman–Crippen MR) is 223 cm³/mol. The van der Waals surface area contributed by atoms with Crippen molar-refractivity contribution in [3.63, 3.8) is 0 Å². The smallest absolute Gasteiger partial charge is 0.261 e. The van der Waals surface area contributed by atoms with Crippen molar-refractivity contribution in [1.29, 1.82) is 0 Å². The molecule has 6 rings (SSSR count). The summed E-state index contributed by atoms with van der Waals surface area (Å²) in [7, 11) is -2.79. The highest BCUT2D eigenvalue weighted by atomic mass is 35.5. The number of aliphatic hydroxyl groups excluding tert-OH is 1. The summed E-state index contributed by atoms with van der Waals surface area (Å²) >= 11 is 12.8. The van der Waals surface area contributed by atoms with Crippen LogP contribution >= 0.6 is 23.2 Å². The lowest BCUT2D eigenvalue weighted by Crippen LogP contribution is -2.66. The van der Waals surface area contributed by atoms with Crippen LogP contribution in [0.3, 0.4) is 0 Å². The largest absolute Gasteiger partial charge is 0.407 e. The average molecular weight is 760 g/mol. The Morgan fingerprint density at radius 1 is 0.585 bits per heavy atom. The molecule has 0 amide bonds. The van der Waals surface area contributed by atoms with Gasteiger partial charge in [0.2, 0.25) is 0 Å². The molecule has 0 aliphatic carbocycles. The SMILES string of the molecule is CC(C)(C)[Si](OCC[C@H](Cc1ccc(Cl)c(Cl)c1)[C@H](O)COC(c1ccccc1)(c1ccccc1)c1ccccc1)(c1ccccc1)c1ccccc1. The van der Waals surface area contributed by atoms with Gasteiger partial charge in [-0.2, -0.15) is 0 Å². The standard InChI is InChI=1S/C47H48Cl2O3Si/c1-46(2,3)53(41-25-15-7-16-26-41,42-27-17-8-18-28-42)52-32-31-37(33-36-29-30-43(48)44(49)34-36)45(50)35-51-47(38-19-9-4-10-20-38,39-21-11-5-12-22-39)40-23-13-6-14-24-40/h4-30,34,37,45,50H,31-33,35H2,1-3H3/t37-,45-/m1/s1. The van der Waals surface area contributed by atoms with E-state index in [2.05, 4.69) is 118 Å². The van der Waals surface area contributed by atoms with Crippen molar-refractivity contribution in [1.82, 2.24) is 0 Å². The lowest BCUT2D eigenvalue weighted by atomic mass is 9.80. The second-order valence-electron chi connectivity index (χ2n) is 14.7. The molecule has 0 saturated heterocycles. The second kappa shape index (κ2) is 17.4. The Kier molecular flexibility index (Phi) is 12.7. The van der Waals surface area contributed by atoms with Gasteiger partial charge in [-0.3, -0.25) is 0 Å². The summed E-state index contributed by atoms with van der Waals surface area (Å²) in [6.45, 7) is 7.39. The fourth-order valence-electron chi connectivity index (χ4n) is 7.64. The van der Waals surface area contributed by atoms with E-state index >= 15 is 0 Å². The van der Waals surface area contributed by atoms with Crippen LogP contribution in [0.1, 0.15) is 49.4 Å². The van der Waals surface area contributed by atoms with Crippen molar-refractivity contribution in [3.8, 4) is 0 Å². The molecular formula is C47H48Cl2O3Si. The van der Waals surface area contributed by atoms with Crippen LogP contribution < -0.4 is 10.4 Å². The zero-order chi connectivity index (χ0) is 37.3. The zero-order valence-corrected chi connectivity index (χ0v) is 33.2. The van der Waals surface area contributed by atoms with Gasteiger partial charge in [0.1, 0.15) is 5.60 Å². The highest BCUT2D eigenvalue weighted by molar-refractivity contribution is 6.99. The maximum Gasteiger partial charge on any atom is 0.261 e. The quantitative estimate of drug-likeness (QED) is 0.0837. The molecule has 0 radical (unpaired) electrons. The van der Waals surface area contributed by atoms with Gasteiger partial charge >= 0.3 is 0 Å². The Hall–Kier alpha value is -4.00. The first-order valence-electron chi connectivity index (χ1n) is 18.3. The van der Waals surface area contributed by atoms with Crippen LogP contribution in [-0.2, 0) is 21.2 Å². The molecule has 0 spiro atoms. The van der Waals surface area contributed by atoms with Crippen molar-refractivity contribution in [3.05, 3.63) is 202 Å². The first kappa shape index (κ1) is 38.7. The first-order valence-corrected chi connectivity index (χ1v) is 21.0. The van der Waals surface area contributed by atoms with Crippen molar-refractivity contribution >= 4 is 41.9 Å². The molecule has 0 unspecified atom stereocenters. The van der Waals surface area contributed by atoms with E-state index in [1.165, 1.54) is 10.4 Å². The maximum absolute atomic E-state index is 12.3. The van der Waals surface area contributed by atoms with Crippen LogP contribution in [-0.4, -0.2) is 32.7 Å². The zero-order valence-electron chi connectivity index (χ0n) is 30.7. The van der Waals surface area contributed by atoms with Gasteiger partial charge in [0.05, 0.1) is 22.8 Å². The summed E-state index contributed by atoms with van der Waals surface area (Å²) in [4.78, 5) is 0. The second-order valence-corrected chi connectivity index (χ2v) is 19.8. The Morgan fingerprint density at radius 2 is 1.02 bits per heavy atom. The van der Waals surface area contributed by atoms with E-state index in [1.807, 2.05) is 72.8 Å². The molecule has 0 bridgehead atoms. The lowest BCUT2D eigenvalue weighted by Gasteiger charge is -2.43. The molecule has 2 atom stereocenters. The minimum Gasteiger partial charge on any atom is -0.407 e. The van der Waals surface area contributed by atoms with Crippen LogP contribution in [0.15, 0.2) is 170 Å². The number of halogens is 2. The van der Waals surface area contributed by atoms with Crippen molar-refractivity contribution in [2.45, 2.75) is 50.4 Å². The summed E-state index contributed by atoms with van der Waals surface area (Å²) in [6.07, 6.45) is 0.341. The summed E-state index contributed by atoms with van der Waals surface area (Å²) < 4.78 is 14.4. The number of hydrogen-bond acceptors (Lipinski definition) is 3. The molecule has 0 saturated carbocycles.